The van der Waals surface area contributed by atoms with Crippen LogP contribution in [-0.2, 0) is 21.3 Å². The van der Waals surface area contributed by atoms with Crippen LogP contribution in [0, 0.1) is 10.1 Å². The number of nitrogens with one attached hydrogen (secondary N) is 1. The number of carboxylic acids is 1. The van der Waals surface area contributed by atoms with E-state index in [0.717, 1.165) is 0 Å². The van der Waals surface area contributed by atoms with Crippen molar-refractivity contribution in [3.63, 3.8) is 0 Å². The van der Waals surface area contributed by atoms with Crippen molar-refractivity contribution in [3.8, 4) is 0 Å². The third-order valence-electron chi connectivity index (χ3n) is 3.18. The van der Waals surface area contributed by atoms with Gasteiger partial charge in [0.25, 0.3) is 5.69 Å². The van der Waals surface area contributed by atoms with Crippen molar-refractivity contribution in [2.24, 2.45) is 0 Å². The zero-order chi connectivity index (χ0) is 18.4. The van der Waals surface area contributed by atoms with Crippen molar-refractivity contribution in [2.75, 3.05) is 11.1 Å². The van der Waals surface area contributed by atoms with Crippen LogP contribution >= 0.6 is 0 Å². The molecular formula is C16H14N2O6S. The Balaban J connectivity index is 1.88. The van der Waals surface area contributed by atoms with Crippen LogP contribution in [0.1, 0.15) is 15.9 Å². The van der Waals surface area contributed by atoms with E-state index in [2.05, 4.69) is 5.32 Å². The highest BCUT2D eigenvalue weighted by atomic mass is 32.2. The first-order valence-corrected chi connectivity index (χ1v) is 8.55. The van der Waals surface area contributed by atoms with Crippen molar-refractivity contribution in [1.29, 1.82) is 0 Å². The van der Waals surface area contributed by atoms with Gasteiger partial charge in [-0.25, -0.2) is 4.79 Å². The van der Waals surface area contributed by atoms with Crippen LogP contribution in [0.25, 0.3) is 0 Å². The SMILES string of the molecule is O=C(CS(=O)Cc1ccc(C(=O)O)cc1)Nc1ccc([N+](=O)[O-])cc1. The highest BCUT2D eigenvalue weighted by Gasteiger charge is 2.11. The number of amides is 1. The molecule has 0 aromatic heterocycles. The van der Waals surface area contributed by atoms with Gasteiger partial charge < -0.3 is 10.4 Å². The van der Waals surface area contributed by atoms with E-state index < -0.39 is 27.6 Å². The summed E-state index contributed by atoms with van der Waals surface area (Å²) >= 11 is 0. The largest absolute Gasteiger partial charge is 0.478 e. The molecule has 2 N–H and O–H groups in total. The van der Waals surface area contributed by atoms with Crippen molar-refractivity contribution in [1.82, 2.24) is 0 Å². The molecule has 1 unspecified atom stereocenters. The molecule has 25 heavy (non-hydrogen) atoms. The van der Waals surface area contributed by atoms with Gasteiger partial charge in [0.2, 0.25) is 5.91 Å². The molecule has 0 saturated heterocycles. The number of rotatable bonds is 7. The van der Waals surface area contributed by atoms with E-state index in [9.17, 15) is 23.9 Å². The third kappa shape index (κ3) is 5.50. The Labute approximate surface area is 145 Å². The molecule has 2 aromatic carbocycles. The number of nitro groups is 1. The van der Waals surface area contributed by atoms with Crippen molar-refractivity contribution >= 4 is 34.1 Å². The molecular weight excluding hydrogens is 348 g/mol. The molecule has 0 aliphatic carbocycles. The second kappa shape index (κ2) is 8.15. The number of anilines is 1. The van der Waals surface area contributed by atoms with Gasteiger partial charge in [0.05, 0.1) is 10.5 Å². The van der Waals surface area contributed by atoms with Gasteiger partial charge in [0.15, 0.2) is 0 Å². The number of nitro benzene ring substituents is 1. The minimum Gasteiger partial charge on any atom is -0.478 e. The van der Waals surface area contributed by atoms with Crippen LogP contribution < -0.4 is 5.32 Å². The van der Waals surface area contributed by atoms with E-state index in [1.807, 2.05) is 0 Å². The first-order valence-electron chi connectivity index (χ1n) is 7.06. The zero-order valence-electron chi connectivity index (χ0n) is 12.9. The van der Waals surface area contributed by atoms with Gasteiger partial charge in [-0.05, 0) is 29.8 Å². The van der Waals surface area contributed by atoms with Crippen LogP contribution in [0.5, 0.6) is 0 Å². The average molecular weight is 362 g/mol. The van der Waals surface area contributed by atoms with Gasteiger partial charge in [-0.15, -0.1) is 0 Å². The van der Waals surface area contributed by atoms with Crippen molar-refractivity contribution < 1.29 is 23.8 Å². The zero-order valence-corrected chi connectivity index (χ0v) is 13.7. The molecule has 0 heterocycles. The highest BCUT2D eigenvalue weighted by molar-refractivity contribution is 7.84. The number of hydrogen-bond donors (Lipinski definition) is 2. The normalized spacial score (nSPS) is 11.5. The molecule has 9 heteroatoms. The van der Waals surface area contributed by atoms with Gasteiger partial charge in [0.1, 0.15) is 5.75 Å². The van der Waals surface area contributed by atoms with Crippen molar-refractivity contribution in [3.05, 3.63) is 69.8 Å². The summed E-state index contributed by atoms with van der Waals surface area (Å²) in [7, 11) is -1.47. The summed E-state index contributed by atoms with van der Waals surface area (Å²) in [5, 5.41) is 21.9. The van der Waals surface area contributed by atoms with Gasteiger partial charge in [-0.2, -0.15) is 0 Å². The maximum atomic E-state index is 12.0. The second-order valence-electron chi connectivity index (χ2n) is 5.08. The molecule has 8 nitrogen and oxygen atoms in total. The number of aromatic carboxylic acids is 1. The monoisotopic (exact) mass is 362 g/mol. The summed E-state index contributed by atoms with van der Waals surface area (Å²) in [6.07, 6.45) is 0. The number of benzene rings is 2. The molecule has 0 saturated carbocycles. The minimum absolute atomic E-state index is 0.0913. The third-order valence-corrected chi connectivity index (χ3v) is 4.42. The Bertz CT molecular complexity index is 748. The number of carbonyl (C=O) groups is 2. The molecule has 0 aliphatic heterocycles. The lowest BCUT2D eigenvalue weighted by atomic mass is 10.1. The lowest BCUT2D eigenvalue weighted by molar-refractivity contribution is -0.384. The van der Waals surface area contributed by atoms with Crippen LogP contribution in [0.2, 0.25) is 0 Å². The van der Waals surface area contributed by atoms with E-state index in [0.29, 0.717) is 11.3 Å². The van der Waals surface area contributed by atoms with Crippen LogP contribution in [-0.4, -0.2) is 31.9 Å². The fourth-order valence-electron chi connectivity index (χ4n) is 1.99. The lowest BCUT2D eigenvalue weighted by Gasteiger charge is -2.06. The first kappa shape index (κ1) is 18.3. The second-order valence-corrected chi connectivity index (χ2v) is 6.54. The van der Waals surface area contributed by atoms with Crippen LogP contribution in [0.15, 0.2) is 48.5 Å². The standard InChI is InChI=1S/C16H14N2O6S/c19-15(17-13-5-7-14(8-6-13)18(22)23)10-25(24)9-11-1-3-12(4-2-11)16(20)21/h1-8H,9-10H2,(H,17,19)(H,20,21). The Morgan fingerprint density at radius 2 is 1.68 bits per heavy atom. The van der Waals surface area contributed by atoms with E-state index in [4.69, 9.17) is 5.11 Å². The molecule has 1 amide bonds. The minimum atomic E-state index is -1.47. The van der Waals surface area contributed by atoms with Gasteiger partial charge in [0, 0.05) is 34.4 Å². The van der Waals surface area contributed by atoms with Crippen LogP contribution in [0.4, 0.5) is 11.4 Å². The molecule has 130 valence electrons. The molecule has 2 aromatic rings. The molecule has 0 fully saturated rings. The number of nitrogens with zero attached hydrogens (tertiary/aromatic N) is 1. The van der Waals surface area contributed by atoms with Gasteiger partial charge in [-0.1, -0.05) is 12.1 Å². The summed E-state index contributed by atoms with van der Waals surface area (Å²) < 4.78 is 12.0. The number of carbonyl (C=O) groups excluding carboxylic acids is 1. The quantitative estimate of drug-likeness (QED) is 0.574. The molecule has 0 aliphatic rings. The summed E-state index contributed by atoms with van der Waals surface area (Å²) in [6.45, 7) is 0. The summed E-state index contributed by atoms with van der Waals surface area (Å²) in [5.74, 6) is -1.64. The molecule has 0 spiro atoms. The smallest absolute Gasteiger partial charge is 0.335 e. The Hall–Kier alpha value is -3.07. The predicted molar refractivity (Wildman–Crippen MR) is 91.8 cm³/mol. The molecule has 0 bridgehead atoms. The summed E-state index contributed by atoms with van der Waals surface area (Å²) in [6, 6.07) is 11.2. The van der Waals surface area contributed by atoms with Gasteiger partial charge >= 0.3 is 5.97 Å². The molecule has 1 atom stereocenters. The highest BCUT2D eigenvalue weighted by Crippen LogP contribution is 2.15. The Kier molecular flexibility index (Phi) is 5.96. The lowest BCUT2D eigenvalue weighted by Crippen LogP contribution is -2.20. The van der Waals surface area contributed by atoms with E-state index in [1.165, 1.54) is 36.4 Å². The number of carboxylic acid groups (broad SMARTS) is 1. The summed E-state index contributed by atoms with van der Waals surface area (Å²) in [4.78, 5) is 32.6. The maximum Gasteiger partial charge on any atom is 0.335 e. The van der Waals surface area contributed by atoms with E-state index >= 15 is 0 Å². The Morgan fingerprint density at radius 1 is 1.08 bits per heavy atom. The van der Waals surface area contributed by atoms with E-state index in [-0.39, 0.29) is 22.8 Å². The Morgan fingerprint density at radius 3 is 2.20 bits per heavy atom. The predicted octanol–water partition coefficient (Wildman–Crippen LogP) is 2.18. The topological polar surface area (TPSA) is 127 Å². The fourth-order valence-corrected chi connectivity index (χ4v) is 3.02. The number of non-ortho nitro benzene ring substituents is 1. The van der Waals surface area contributed by atoms with Gasteiger partial charge in [-0.3, -0.25) is 19.1 Å². The molecule has 2 rings (SSSR count). The van der Waals surface area contributed by atoms with Crippen LogP contribution in [0.3, 0.4) is 0 Å². The van der Waals surface area contributed by atoms with Crippen molar-refractivity contribution in [2.45, 2.75) is 5.75 Å². The molecule has 0 radical (unpaired) electrons. The van der Waals surface area contributed by atoms with E-state index in [1.54, 1.807) is 12.1 Å². The maximum absolute atomic E-state index is 12.0. The fraction of sp³-hybridized carbons (Fsp3) is 0.125. The average Bonchev–Trinajstić information content (AvgIpc) is 2.55. The summed E-state index contributed by atoms with van der Waals surface area (Å²) in [5.41, 5.74) is 1.07. The number of hydrogen-bond acceptors (Lipinski definition) is 5. The first-order chi connectivity index (χ1) is 11.8.